The largest absolute Gasteiger partial charge is 0.497 e. The first-order valence-electron chi connectivity index (χ1n) is 14.5. The van der Waals surface area contributed by atoms with Crippen molar-refractivity contribution in [3.05, 3.63) is 151 Å². The lowest BCUT2D eigenvalue weighted by molar-refractivity contribution is -0.139. The number of nitrogens with zero attached hydrogens (tertiary/aromatic N) is 2. The van der Waals surface area contributed by atoms with Crippen LogP contribution in [0.2, 0.25) is 0 Å². The Morgan fingerprint density at radius 2 is 1.16 bits per heavy atom. The SMILES string of the molecule is COc1ccc(N2C(=O)[C@H](OC)[C@@H]2[C@H](C#Cc2ccccc2)N=P(c2ccccc2)(c2ccccc2)c2ccccc2)cc1. The van der Waals surface area contributed by atoms with E-state index in [-0.39, 0.29) is 5.91 Å². The summed E-state index contributed by atoms with van der Waals surface area (Å²) >= 11 is 0. The van der Waals surface area contributed by atoms with Crippen LogP contribution in [-0.4, -0.2) is 38.3 Å². The summed E-state index contributed by atoms with van der Waals surface area (Å²) in [5, 5.41) is 3.33. The van der Waals surface area contributed by atoms with Gasteiger partial charge in [-0.25, -0.2) is 0 Å². The second kappa shape index (κ2) is 13.2. The number of β-lactam (4-membered cyclic amide) rings is 1. The van der Waals surface area contributed by atoms with Gasteiger partial charge in [-0.05, 0) is 36.4 Å². The second-order valence-corrected chi connectivity index (χ2v) is 13.4. The third-order valence-electron chi connectivity index (χ3n) is 7.84. The van der Waals surface area contributed by atoms with Gasteiger partial charge in [0.1, 0.15) is 17.8 Å². The quantitative estimate of drug-likeness (QED) is 0.125. The second-order valence-electron chi connectivity index (χ2n) is 10.4. The summed E-state index contributed by atoms with van der Waals surface area (Å²) in [7, 11) is 0.564. The van der Waals surface area contributed by atoms with Crippen LogP contribution in [0.15, 0.2) is 150 Å². The number of hydrogen-bond acceptors (Lipinski definition) is 4. The summed E-state index contributed by atoms with van der Waals surface area (Å²) in [6.45, 7) is 0. The van der Waals surface area contributed by atoms with Crippen LogP contribution in [0.5, 0.6) is 5.75 Å². The first-order chi connectivity index (χ1) is 21.7. The Bertz CT molecular complexity index is 1710. The predicted octanol–water partition coefficient (Wildman–Crippen LogP) is 6.02. The topological polar surface area (TPSA) is 51.1 Å². The first-order valence-corrected chi connectivity index (χ1v) is 16.2. The molecule has 218 valence electrons. The van der Waals surface area contributed by atoms with Gasteiger partial charge >= 0.3 is 0 Å². The molecule has 5 aromatic rings. The molecule has 0 N–H and O–H groups in total. The summed E-state index contributed by atoms with van der Waals surface area (Å²) in [6, 6.07) is 47.7. The monoisotopic (exact) mass is 596 g/mol. The van der Waals surface area contributed by atoms with Crippen LogP contribution in [0.4, 0.5) is 5.69 Å². The highest BCUT2D eigenvalue weighted by atomic mass is 31.2. The van der Waals surface area contributed by atoms with Gasteiger partial charge in [-0.3, -0.25) is 9.54 Å². The van der Waals surface area contributed by atoms with Crippen LogP contribution < -0.4 is 25.6 Å². The number of anilines is 1. The fourth-order valence-electron chi connectivity index (χ4n) is 5.70. The van der Waals surface area contributed by atoms with Gasteiger partial charge in [0.05, 0.1) is 14.2 Å². The molecule has 1 amide bonds. The summed E-state index contributed by atoms with van der Waals surface area (Å²) in [6.07, 6.45) is -0.694. The number of carbonyl (C=O) groups excluding carboxylic acids is 1. The van der Waals surface area contributed by atoms with Crippen molar-refractivity contribution >= 4 is 34.6 Å². The molecule has 1 aliphatic rings. The highest BCUT2D eigenvalue weighted by molar-refractivity contribution is 7.87. The maximum Gasteiger partial charge on any atom is 0.258 e. The smallest absolute Gasteiger partial charge is 0.258 e. The van der Waals surface area contributed by atoms with Crippen molar-refractivity contribution in [3.63, 3.8) is 0 Å². The first kappa shape index (κ1) is 29.2. The number of benzene rings is 5. The highest BCUT2D eigenvalue weighted by Gasteiger charge is 2.53. The molecule has 0 radical (unpaired) electrons. The van der Waals surface area contributed by atoms with Crippen molar-refractivity contribution in [1.29, 1.82) is 0 Å². The number of methoxy groups -OCH3 is 2. The minimum atomic E-state index is -2.64. The molecule has 0 bridgehead atoms. The summed E-state index contributed by atoms with van der Waals surface area (Å²) in [5.41, 5.74) is 1.63. The number of hydrogen-bond donors (Lipinski definition) is 0. The van der Waals surface area contributed by atoms with E-state index in [4.69, 9.17) is 14.2 Å². The Kier molecular flexibility index (Phi) is 8.75. The molecule has 1 saturated heterocycles. The van der Waals surface area contributed by atoms with Gasteiger partial charge in [-0.15, -0.1) is 0 Å². The van der Waals surface area contributed by atoms with Gasteiger partial charge in [0.15, 0.2) is 6.10 Å². The average Bonchev–Trinajstić information content (AvgIpc) is 3.10. The van der Waals surface area contributed by atoms with E-state index in [9.17, 15) is 4.79 Å². The Labute approximate surface area is 259 Å². The third-order valence-corrected chi connectivity index (χ3v) is 11.6. The molecule has 0 aliphatic carbocycles. The van der Waals surface area contributed by atoms with E-state index < -0.39 is 25.2 Å². The molecule has 5 aromatic carbocycles. The van der Waals surface area contributed by atoms with Crippen LogP contribution >= 0.6 is 7.05 Å². The maximum absolute atomic E-state index is 13.6. The Hall–Kier alpha value is -4.88. The molecule has 0 saturated carbocycles. The van der Waals surface area contributed by atoms with Crippen molar-refractivity contribution in [2.75, 3.05) is 19.1 Å². The van der Waals surface area contributed by atoms with Gasteiger partial charge in [-0.2, -0.15) is 0 Å². The molecule has 44 heavy (non-hydrogen) atoms. The Morgan fingerprint density at radius 3 is 1.61 bits per heavy atom. The lowest BCUT2D eigenvalue weighted by Crippen LogP contribution is -2.69. The average molecular weight is 597 g/mol. The van der Waals surface area contributed by atoms with E-state index in [1.165, 1.54) is 0 Å². The predicted molar refractivity (Wildman–Crippen MR) is 180 cm³/mol. The van der Waals surface area contributed by atoms with Crippen molar-refractivity contribution in [3.8, 4) is 17.6 Å². The molecule has 1 fully saturated rings. The van der Waals surface area contributed by atoms with Crippen molar-refractivity contribution in [1.82, 2.24) is 0 Å². The molecule has 1 aliphatic heterocycles. The fourth-order valence-corrected chi connectivity index (χ4v) is 9.37. The fraction of sp³-hybridized carbons (Fsp3) is 0.132. The van der Waals surface area contributed by atoms with Crippen molar-refractivity contribution < 1.29 is 14.3 Å². The standard InChI is InChI=1S/C38H33N2O3P/c1-42-31-26-24-30(25-27-31)40-36(37(43-2)38(40)41)35(28-23-29-15-7-3-8-16-29)39-44(32-17-9-4-10-18-32,33-19-11-5-12-20-33)34-21-13-6-14-22-34/h3-22,24-27,35-37H,1-2H3/t35-,36-,37+/m0/s1. The molecule has 1 heterocycles. The van der Waals surface area contributed by atoms with Crippen LogP contribution in [-0.2, 0) is 9.53 Å². The molecule has 0 unspecified atom stereocenters. The maximum atomic E-state index is 13.6. The van der Waals surface area contributed by atoms with Gasteiger partial charge in [-0.1, -0.05) is 121 Å². The van der Waals surface area contributed by atoms with Gasteiger partial charge in [0.2, 0.25) is 0 Å². The van der Waals surface area contributed by atoms with E-state index in [2.05, 4.69) is 84.6 Å². The molecule has 5 nitrogen and oxygen atoms in total. The van der Waals surface area contributed by atoms with E-state index in [1.807, 2.05) is 72.8 Å². The lowest BCUT2D eigenvalue weighted by atomic mass is 9.90. The van der Waals surface area contributed by atoms with Gasteiger partial charge in [0.25, 0.3) is 5.91 Å². The minimum Gasteiger partial charge on any atom is -0.497 e. The zero-order chi connectivity index (χ0) is 30.4. The van der Waals surface area contributed by atoms with Crippen LogP contribution in [0, 0.1) is 11.8 Å². The number of ether oxygens (including phenoxy) is 2. The number of rotatable bonds is 8. The molecule has 0 aromatic heterocycles. The molecule has 6 rings (SSSR count). The number of amides is 1. The molecular weight excluding hydrogens is 563 g/mol. The molecule has 0 spiro atoms. The zero-order valence-corrected chi connectivity index (χ0v) is 25.5. The summed E-state index contributed by atoms with van der Waals surface area (Å²) in [5.74, 6) is 7.50. The van der Waals surface area contributed by atoms with Crippen LogP contribution in [0.25, 0.3) is 0 Å². The summed E-state index contributed by atoms with van der Waals surface area (Å²) in [4.78, 5) is 15.4. The summed E-state index contributed by atoms with van der Waals surface area (Å²) < 4.78 is 17.1. The molecular formula is C38H33N2O3P. The van der Waals surface area contributed by atoms with Crippen LogP contribution in [0.3, 0.4) is 0 Å². The molecule has 6 heteroatoms. The van der Waals surface area contributed by atoms with Gasteiger partial charge in [0, 0.05) is 34.3 Å². The number of carbonyl (C=O) groups is 1. The van der Waals surface area contributed by atoms with E-state index >= 15 is 0 Å². The van der Waals surface area contributed by atoms with Crippen molar-refractivity contribution in [2.45, 2.75) is 18.2 Å². The zero-order valence-electron chi connectivity index (χ0n) is 24.7. The van der Waals surface area contributed by atoms with E-state index in [0.29, 0.717) is 5.75 Å². The normalized spacial score (nSPS) is 16.7. The molecule has 3 atom stereocenters. The lowest BCUT2D eigenvalue weighted by Gasteiger charge is -2.48. The Morgan fingerprint density at radius 1 is 0.682 bits per heavy atom. The Balaban J connectivity index is 1.64. The van der Waals surface area contributed by atoms with E-state index in [1.54, 1.807) is 19.1 Å². The van der Waals surface area contributed by atoms with Crippen LogP contribution in [0.1, 0.15) is 5.56 Å². The van der Waals surface area contributed by atoms with Gasteiger partial charge < -0.3 is 14.4 Å². The highest BCUT2D eigenvalue weighted by Crippen LogP contribution is 2.48. The van der Waals surface area contributed by atoms with E-state index in [0.717, 1.165) is 27.2 Å². The minimum absolute atomic E-state index is 0.118. The third kappa shape index (κ3) is 5.58. The van der Waals surface area contributed by atoms with Crippen molar-refractivity contribution in [2.24, 2.45) is 4.74 Å².